The van der Waals surface area contributed by atoms with Gasteiger partial charge in [0.1, 0.15) is 5.75 Å². The molecule has 0 N–H and O–H groups in total. The Morgan fingerprint density at radius 3 is 2.63 bits per heavy atom. The highest BCUT2D eigenvalue weighted by molar-refractivity contribution is 7.09. The lowest BCUT2D eigenvalue weighted by Gasteiger charge is -2.15. The zero-order chi connectivity index (χ0) is 21.3. The van der Waals surface area contributed by atoms with E-state index >= 15 is 0 Å². The number of thiazole rings is 1. The summed E-state index contributed by atoms with van der Waals surface area (Å²) in [6, 6.07) is 11.7. The lowest BCUT2D eigenvalue weighted by molar-refractivity contribution is 0.0948. The Bertz CT molecular complexity index is 1130. The number of hydrogen-bond acceptors (Lipinski definition) is 4. The summed E-state index contributed by atoms with van der Waals surface area (Å²) in [4.78, 5) is 19.6. The number of fused-ring (bicyclic) bond motifs is 1. The Labute approximate surface area is 181 Å². The van der Waals surface area contributed by atoms with Gasteiger partial charge in [0.15, 0.2) is 4.80 Å². The monoisotopic (exact) mass is 424 g/mol. The summed E-state index contributed by atoms with van der Waals surface area (Å²) < 4.78 is 13.4. The van der Waals surface area contributed by atoms with Crippen LogP contribution in [0, 0.1) is 0 Å². The number of hydrogen-bond donors (Lipinski definition) is 0. The molecule has 2 heterocycles. The van der Waals surface area contributed by atoms with E-state index in [0.717, 1.165) is 30.2 Å². The summed E-state index contributed by atoms with van der Waals surface area (Å²) in [5.41, 5.74) is 0.464. The first-order valence-corrected chi connectivity index (χ1v) is 11.1. The normalized spacial score (nSPS) is 17.6. The average Bonchev–Trinajstić information content (AvgIpc) is 3.37. The molecule has 4 rings (SSSR count). The van der Waals surface area contributed by atoms with E-state index in [1.165, 1.54) is 4.88 Å². The van der Waals surface area contributed by atoms with E-state index in [0.29, 0.717) is 22.7 Å². The number of ether oxygens (including phenoxy) is 2. The van der Waals surface area contributed by atoms with Crippen molar-refractivity contribution in [2.45, 2.75) is 51.7 Å². The lowest BCUT2D eigenvalue weighted by Crippen LogP contribution is -2.23. The summed E-state index contributed by atoms with van der Waals surface area (Å²) in [6.45, 7) is 8.04. The fraction of sp³-hybridized carbons (Fsp3) is 0.417. The molecule has 0 aliphatic carbocycles. The molecule has 1 aromatic heterocycles. The van der Waals surface area contributed by atoms with Crippen LogP contribution in [0.1, 0.15) is 48.8 Å². The fourth-order valence-electron chi connectivity index (χ4n) is 3.65. The number of carbonyl (C=O) groups excluding carboxylic acids is 1. The van der Waals surface area contributed by atoms with Crippen molar-refractivity contribution >= 4 is 28.0 Å². The van der Waals surface area contributed by atoms with Crippen LogP contribution in [0.25, 0.3) is 10.8 Å². The quantitative estimate of drug-likeness (QED) is 0.597. The minimum absolute atomic E-state index is 0.0135. The minimum atomic E-state index is -0.291. The summed E-state index contributed by atoms with van der Waals surface area (Å²) in [5, 5.41) is 2.02. The molecule has 6 heteroatoms. The second-order valence-corrected chi connectivity index (χ2v) is 9.74. The average molecular weight is 425 g/mol. The van der Waals surface area contributed by atoms with Crippen molar-refractivity contribution in [1.29, 1.82) is 0 Å². The topological polar surface area (TPSA) is 52.8 Å². The fourth-order valence-corrected chi connectivity index (χ4v) is 4.71. The number of benzene rings is 2. The molecule has 0 saturated carbocycles. The van der Waals surface area contributed by atoms with E-state index in [1.807, 2.05) is 36.4 Å². The molecule has 2 aromatic carbocycles. The number of amides is 1. The van der Waals surface area contributed by atoms with E-state index in [9.17, 15) is 4.79 Å². The third-order valence-corrected chi connectivity index (χ3v) is 6.83. The van der Waals surface area contributed by atoms with Gasteiger partial charge in [0, 0.05) is 17.7 Å². The van der Waals surface area contributed by atoms with Crippen LogP contribution in [0.3, 0.4) is 0 Å². The van der Waals surface area contributed by atoms with Crippen molar-refractivity contribution in [3.8, 4) is 5.75 Å². The first kappa shape index (κ1) is 20.8. The largest absolute Gasteiger partial charge is 0.496 e. The van der Waals surface area contributed by atoms with Crippen LogP contribution in [-0.4, -0.2) is 30.3 Å². The number of methoxy groups -OCH3 is 1. The number of nitrogens with zero attached hydrogens (tertiary/aromatic N) is 2. The number of rotatable bonds is 4. The molecule has 158 valence electrons. The Balaban J connectivity index is 1.77. The van der Waals surface area contributed by atoms with Gasteiger partial charge in [-0.05, 0) is 41.2 Å². The van der Waals surface area contributed by atoms with Gasteiger partial charge >= 0.3 is 0 Å². The molecule has 30 heavy (non-hydrogen) atoms. The zero-order valence-corrected chi connectivity index (χ0v) is 18.8. The third kappa shape index (κ3) is 4.35. The van der Waals surface area contributed by atoms with Crippen LogP contribution < -0.4 is 9.54 Å². The number of aromatic nitrogens is 1. The van der Waals surface area contributed by atoms with Gasteiger partial charge in [0.05, 0.1) is 25.3 Å². The molecule has 1 fully saturated rings. The molecular weight excluding hydrogens is 396 g/mol. The molecule has 0 radical (unpaired) electrons. The maximum Gasteiger partial charge on any atom is 0.283 e. The lowest BCUT2D eigenvalue weighted by atomic mass is 9.95. The van der Waals surface area contributed by atoms with Gasteiger partial charge in [-0.15, -0.1) is 11.3 Å². The molecule has 1 amide bonds. The van der Waals surface area contributed by atoms with Gasteiger partial charge in [-0.2, -0.15) is 4.99 Å². The Hall–Kier alpha value is -2.44. The Kier molecular flexibility index (Phi) is 5.80. The van der Waals surface area contributed by atoms with Crippen molar-refractivity contribution in [1.82, 2.24) is 4.57 Å². The van der Waals surface area contributed by atoms with Crippen molar-refractivity contribution in [3.05, 3.63) is 57.8 Å². The maximum absolute atomic E-state index is 13.2. The standard InChI is InChI=1S/C24H28N2O3S/c1-24(2,3)21-15-26(14-18-10-7-11-29-18)23(30-21)25-22(27)19-12-16-8-5-6-9-17(16)13-20(19)28-4/h5-6,8-9,12-13,15,18H,7,10-11,14H2,1-4H3/t18-/m1/s1. The van der Waals surface area contributed by atoms with E-state index in [2.05, 4.69) is 36.5 Å². The van der Waals surface area contributed by atoms with Gasteiger partial charge in [-0.25, -0.2) is 0 Å². The van der Waals surface area contributed by atoms with Crippen LogP contribution in [-0.2, 0) is 16.7 Å². The second kappa shape index (κ2) is 8.36. The van der Waals surface area contributed by atoms with Gasteiger partial charge in [0.25, 0.3) is 5.91 Å². The maximum atomic E-state index is 13.2. The Morgan fingerprint density at radius 2 is 2.00 bits per heavy atom. The van der Waals surface area contributed by atoms with Crippen LogP contribution in [0.15, 0.2) is 47.6 Å². The van der Waals surface area contributed by atoms with Crippen molar-refractivity contribution in [3.63, 3.8) is 0 Å². The molecule has 0 spiro atoms. The summed E-state index contributed by atoms with van der Waals surface area (Å²) in [6.07, 6.45) is 4.42. The van der Waals surface area contributed by atoms with Gasteiger partial charge in [0.2, 0.25) is 0 Å². The highest BCUT2D eigenvalue weighted by Gasteiger charge is 2.22. The van der Waals surface area contributed by atoms with E-state index < -0.39 is 0 Å². The van der Waals surface area contributed by atoms with E-state index in [4.69, 9.17) is 9.47 Å². The molecule has 0 unspecified atom stereocenters. The molecule has 5 nitrogen and oxygen atoms in total. The molecule has 0 bridgehead atoms. The van der Waals surface area contributed by atoms with E-state index in [-0.39, 0.29) is 17.4 Å². The third-order valence-electron chi connectivity index (χ3n) is 5.38. The van der Waals surface area contributed by atoms with Crippen LogP contribution in [0.4, 0.5) is 0 Å². The number of carbonyl (C=O) groups is 1. The highest BCUT2D eigenvalue weighted by atomic mass is 32.1. The second-order valence-electron chi connectivity index (χ2n) is 8.73. The van der Waals surface area contributed by atoms with Crippen molar-refractivity contribution in [2.75, 3.05) is 13.7 Å². The SMILES string of the molecule is COc1cc2ccccc2cc1C(=O)N=c1sc(C(C)(C)C)cn1C[C@H]1CCCO1. The molecule has 1 atom stereocenters. The first-order valence-electron chi connectivity index (χ1n) is 10.3. The zero-order valence-electron chi connectivity index (χ0n) is 18.0. The first-order chi connectivity index (χ1) is 14.3. The summed E-state index contributed by atoms with van der Waals surface area (Å²) >= 11 is 1.57. The Morgan fingerprint density at radius 1 is 1.27 bits per heavy atom. The van der Waals surface area contributed by atoms with E-state index in [1.54, 1.807) is 18.4 Å². The van der Waals surface area contributed by atoms with Crippen LogP contribution in [0.5, 0.6) is 5.75 Å². The van der Waals surface area contributed by atoms with Crippen molar-refractivity contribution < 1.29 is 14.3 Å². The minimum Gasteiger partial charge on any atom is -0.496 e. The molecular formula is C24H28N2O3S. The van der Waals surface area contributed by atoms with Gasteiger partial charge in [-0.3, -0.25) is 4.79 Å². The molecule has 3 aromatic rings. The molecule has 1 aliphatic heterocycles. The highest BCUT2D eigenvalue weighted by Crippen LogP contribution is 2.28. The van der Waals surface area contributed by atoms with Crippen LogP contribution in [0.2, 0.25) is 0 Å². The van der Waals surface area contributed by atoms with Gasteiger partial charge in [-0.1, -0.05) is 45.0 Å². The molecule has 1 saturated heterocycles. The smallest absolute Gasteiger partial charge is 0.283 e. The van der Waals surface area contributed by atoms with Crippen molar-refractivity contribution in [2.24, 2.45) is 4.99 Å². The predicted molar refractivity (Wildman–Crippen MR) is 120 cm³/mol. The van der Waals surface area contributed by atoms with Gasteiger partial charge < -0.3 is 14.0 Å². The summed E-state index contributed by atoms with van der Waals surface area (Å²) in [7, 11) is 1.58. The molecule has 1 aliphatic rings. The summed E-state index contributed by atoms with van der Waals surface area (Å²) in [5.74, 6) is 0.252. The van der Waals surface area contributed by atoms with Crippen LogP contribution >= 0.6 is 11.3 Å². The predicted octanol–water partition coefficient (Wildman–Crippen LogP) is 4.93.